The van der Waals surface area contributed by atoms with Gasteiger partial charge in [-0.2, -0.15) is 0 Å². The third kappa shape index (κ3) is 7.11. The van der Waals surface area contributed by atoms with Crippen molar-refractivity contribution in [3.05, 3.63) is 48.6 Å². The van der Waals surface area contributed by atoms with Crippen LogP contribution >= 0.6 is 0 Å². The Balaban J connectivity index is 1.14. The van der Waals surface area contributed by atoms with Crippen LogP contribution in [0.15, 0.2) is 43.0 Å². The van der Waals surface area contributed by atoms with E-state index in [9.17, 15) is 19.2 Å². The summed E-state index contributed by atoms with van der Waals surface area (Å²) in [6.07, 6.45) is 9.36. The van der Waals surface area contributed by atoms with Crippen molar-refractivity contribution in [2.24, 2.45) is 23.2 Å². The minimum Gasteiger partial charge on any atom is -0.445 e. The van der Waals surface area contributed by atoms with Crippen LogP contribution in [0.2, 0.25) is 0 Å². The van der Waals surface area contributed by atoms with Crippen LogP contribution in [-0.2, 0) is 25.7 Å². The smallest absolute Gasteiger partial charge is 0.408 e. The Morgan fingerprint density at radius 3 is 2.15 bits per heavy atom. The van der Waals surface area contributed by atoms with Gasteiger partial charge in [0.25, 0.3) is 0 Å². The second kappa shape index (κ2) is 13.1. The number of hydrogen-bond donors (Lipinski definition) is 2. The highest BCUT2D eigenvalue weighted by molar-refractivity contribution is 5.87. The summed E-state index contributed by atoms with van der Waals surface area (Å²) in [5.41, 5.74) is 0.692. The number of ether oxygens (including phenoxy) is 1. The van der Waals surface area contributed by atoms with Gasteiger partial charge in [0.15, 0.2) is 0 Å². The molecule has 0 spiro atoms. The van der Waals surface area contributed by atoms with Crippen molar-refractivity contribution in [3.8, 4) is 0 Å². The van der Waals surface area contributed by atoms with Crippen molar-refractivity contribution in [3.63, 3.8) is 0 Å². The molecule has 0 unspecified atom stereocenters. The van der Waals surface area contributed by atoms with E-state index in [2.05, 4.69) is 17.2 Å². The lowest BCUT2D eigenvalue weighted by Gasteiger charge is -2.57. The van der Waals surface area contributed by atoms with Crippen LogP contribution < -0.4 is 10.6 Å². The molecule has 1 aromatic carbocycles. The summed E-state index contributed by atoms with van der Waals surface area (Å²) in [6.45, 7) is 6.02. The van der Waals surface area contributed by atoms with Crippen molar-refractivity contribution < 1.29 is 23.9 Å². The zero-order chi connectivity index (χ0) is 28.8. The van der Waals surface area contributed by atoms with Gasteiger partial charge < -0.3 is 25.2 Å². The van der Waals surface area contributed by atoms with E-state index >= 15 is 0 Å². The molecule has 6 rings (SSSR count). The van der Waals surface area contributed by atoms with E-state index in [1.54, 1.807) is 4.90 Å². The number of nitrogens with one attached hydrogen (secondary N) is 2. The number of benzene rings is 1. The second-order valence-corrected chi connectivity index (χ2v) is 12.6. The van der Waals surface area contributed by atoms with Crippen molar-refractivity contribution in [2.75, 3.05) is 32.7 Å². The van der Waals surface area contributed by atoms with Crippen molar-refractivity contribution >= 4 is 23.8 Å². The number of hydrogen-bond acceptors (Lipinski definition) is 5. The van der Waals surface area contributed by atoms with E-state index in [1.165, 1.54) is 25.3 Å². The normalized spacial score (nSPS) is 27.2. The standard InChI is InChI=1S/C32H44N4O5/c1-2-28(37)33-11-7-6-10-27(34-31(40)41-22-23-8-4-3-5-9-23)29(38)35-12-14-36(15-13-35)30(39)32-19-24-16-25(20-32)18-26(17-24)21-32/h2-5,8-9,24-27H,1,6-7,10-22H2,(H,33,37)(H,34,40)/t24?,25?,26?,27-,32?/m0/s1. The van der Waals surface area contributed by atoms with Crippen LogP contribution in [-0.4, -0.2) is 72.4 Å². The molecule has 1 heterocycles. The fourth-order valence-electron chi connectivity index (χ4n) is 7.98. The average molecular weight is 565 g/mol. The first-order valence-electron chi connectivity index (χ1n) is 15.3. The maximum absolute atomic E-state index is 13.8. The highest BCUT2D eigenvalue weighted by atomic mass is 16.5. The molecule has 2 N–H and O–H groups in total. The molecule has 1 saturated heterocycles. The van der Waals surface area contributed by atoms with Gasteiger partial charge in [0.2, 0.25) is 17.7 Å². The lowest BCUT2D eigenvalue weighted by atomic mass is 9.49. The van der Waals surface area contributed by atoms with E-state index in [-0.39, 0.29) is 23.8 Å². The van der Waals surface area contributed by atoms with E-state index in [1.807, 2.05) is 35.2 Å². The molecule has 222 valence electrons. The number of carbonyl (C=O) groups excluding carboxylic acids is 4. The first kappa shape index (κ1) is 29.1. The summed E-state index contributed by atoms with van der Waals surface area (Å²) < 4.78 is 5.39. The van der Waals surface area contributed by atoms with Crippen LogP contribution in [0, 0.1) is 23.2 Å². The Morgan fingerprint density at radius 1 is 0.927 bits per heavy atom. The third-order valence-electron chi connectivity index (χ3n) is 9.58. The summed E-state index contributed by atoms with van der Waals surface area (Å²) in [7, 11) is 0. The Bertz CT molecular complexity index is 1080. The van der Waals surface area contributed by atoms with Gasteiger partial charge in [0, 0.05) is 32.7 Å². The summed E-state index contributed by atoms with van der Waals surface area (Å²) >= 11 is 0. The molecule has 9 nitrogen and oxygen atoms in total. The Labute approximate surface area is 243 Å². The molecule has 0 radical (unpaired) electrons. The highest BCUT2D eigenvalue weighted by Crippen LogP contribution is 2.60. The van der Waals surface area contributed by atoms with Crippen LogP contribution in [0.3, 0.4) is 0 Å². The van der Waals surface area contributed by atoms with Crippen LogP contribution in [0.4, 0.5) is 4.79 Å². The molecule has 4 bridgehead atoms. The number of piperazine rings is 1. The van der Waals surface area contributed by atoms with Crippen LogP contribution in [0.1, 0.15) is 63.4 Å². The van der Waals surface area contributed by atoms with Gasteiger partial charge in [-0.15, -0.1) is 0 Å². The zero-order valence-corrected chi connectivity index (χ0v) is 24.0. The van der Waals surface area contributed by atoms with Gasteiger partial charge >= 0.3 is 6.09 Å². The van der Waals surface area contributed by atoms with Gasteiger partial charge in [-0.1, -0.05) is 36.9 Å². The van der Waals surface area contributed by atoms with E-state index in [0.717, 1.165) is 24.8 Å². The number of amides is 4. The lowest BCUT2D eigenvalue weighted by Crippen LogP contribution is -2.60. The molecule has 1 atom stereocenters. The summed E-state index contributed by atoms with van der Waals surface area (Å²) in [5.74, 6) is 2.06. The van der Waals surface area contributed by atoms with Gasteiger partial charge in [0.1, 0.15) is 12.6 Å². The molecule has 9 heteroatoms. The number of nitrogens with zero attached hydrogens (tertiary/aromatic N) is 2. The first-order valence-corrected chi connectivity index (χ1v) is 15.3. The molecule has 4 saturated carbocycles. The Hall–Kier alpha value is -3.36. The molecular weight excluding hydrogens is 520 g/mol. The molecule has 41 heavy (non-hydrogen) atoms. The SMILES string of the molecule is C=CC(=O)NCCCC[C@H](NC(=O)OCc1ccccc1)C(=O)N1CCN(C(=O)C23CC4CC(CC(C4)C2)C3)CC1. The molecule has 4 aliphatic carbocycles. The average Bonchev–Trinajstić information content (AvgIpc) is 2.98. The molecule has 5 aliphatic rings. The predicted octanol–water partition coefficient (Wildman–Crippen LogP) is 3.64. The number of carbonyl (C=O) groups is 4. The number of alkyl carbamates (subject to hydrolysis) is 1. The van der Waals surface area contributed by atoms with Crippen LogP contribution in [0.25, 0.3) is 0 Å². The van der Waals surface area contributed by atoms with E-state index in [4.69, 9.17) is 4.74 Å². The monoisotopic (exact) mass is 564 g/mol. The van der Waals surface area contributed by atoms with Crippen molar-refractivity contribution in [1.29, 1.82) is 0 Å². The first-order chi connectivity index (χ1) is 19.8. The lowest BCUT2D eigenvalue weighted by molar-refractivity contribution is -0.160. The maximum Gasteiger partial charge on any atom is 0.408 e. The predicted molar refractivity (Wildman–Crippen MR) is 154 cm³/mol. The second-order valence-electron chi connectivity index (χ2n) is 12.6. The zero-order valence-electron chi connectivity index (χ0n) is 24.0. The van der Waals surface area contributed by atoms with Gasteiger partial charge in [-0.3, -0.25) is 14.4 Å². The Kier molecular flexibility index (Phi) is 9.30. The van der Waals surface area contributed by atoms with E-state index in [0.29, 0.717) is 75.6 Å². The molecular formula is C32H44N4O5. The fourth-order valence-corrected chi connectivity index (χ4v) is 7.98. The van der Waals surface area contributed by atoms with E-state index < -0.39 is 12.1 Å². The van der Waals surface area contributed by atoms with Crippen molar-refractivity contribution in [1.82, 2.24) is 20.4 Å². The minimum absolute atomic E-state index is 0.117. The molecule has 1 aliphatic heterocycles. The molecule has 4 amide bonds. The van der Waals surface area contributed by atoms with Crippen molar-refractivity contribution in [2.45, 2.75) is 70.4 Å². The molecule has 5 fully saturated rings. The number of unbranched alkanes of at least 4 members (excludes halogenated alkanes) is 1. The summed E-state index contributed by atoms with van der Waals surface area (Å²) in [6, 6.07) is 8.66. The van der Waals surface area contributed by atoms with Gasteiger partial charge in [-0.25, -0.2) is 4.79 Å². The summed E-state index contributed by atoms with van der Waals surface area (Å²) in [4.78, 5) is 55.2. The highest BCUT2D eigenvalue weighted by Gasteiger charge is 2.55. The Morgan fingerprint density at radius 2 is 1.54 bits per heavy atom. The van der Waals surface area contributed by atoms with Gasteiger partial charge in [-0.05, 0) is 87.2 Å². The minimum atomic E-state index is -0.737. The largest absolute Gasteiger partial charge is 0.445 e. The topological polar surface area (TPSA) is 108 Å². The summed E-state index contributed by atoms with van der Waals surface area (Å²) in [5, 5.41) is 5.52. The fraction of sp³-hybridized carbons (Fsp3) is 0.625. The molecule has 0 aromatic heterocycles. The number of rotatable bonds is 11. The quantitative estimate of drug-likeness (QED) is 0.315. The molecule has 1 aromatic rings. The van der Waals surface area contributed by atoms with Crippen LogP contribution in [0.5, 0.6) is 0 Å². The maximum atomic E-state index is 13.8. The van der Waals surface area contributed by atoms with Gasteiger partial charge in [0.05, 0.1) is 5.41 Å². The third-order valence-corrected chi connectivity index (χ3v) is 9.58.